The highest BCUT2D eigenvalue weighted by molar-refractivity contribution is 7.26. The molecule has 19 rings (SSSR count). The number of aromatic nitrogens is 1. The van der Waals surface area contributed by atoms with Gasteiger partial charge in [-0.25, -0.2) is 0 Å². The van der Waals surface area contributed by atoms with E-state index in [-0.39, 0.29) is 0 Å². The Morgan fingerprint density at radius 2 is 0.877 bits per heavy atom. The lowest BCUT2D eigenvalue weighted by atomic mass is 9.65. The quantitative estimate of drug-likeness (QED) is 0.171. The van der Waals surface area contributed by atoms with E-state index in [1.54, 1.807) is 0 Å². The van der Waals surface area contributed by atoms with Gasteiger partial charge in [0.25, 0.3) is 0 Å². The van der Waals surface area contributed by atoms with E-state index in [1.807, 2.05) is 11.3 Å². The predicted octanol–water partition coefficient (Wildman–Crippen LogP) is 20.5. The molecule has 0 amide bonds. The van der Waals surface area contributed by atoms with Gasteiger partial charge >= 0.3 is 0 Å². The van der Waals surface area contributed by atoms with E-state index in [2.05, 4.69) is 289 Å². The largest absolute Gasteiger partial charge is 0.310 e. The second kappa shape index (κ2) is 15.8. The molecular formula is C78H46N2S. The van der Waals surface area contributed by atoms with Crippen LogP contribution in [-0.4, -0.2) is 4.57 Å². The fourth-order valence-corrected chi connectivity index (χ4v) is 17.2. The molecule has 2 aromatic heterocycles. The van der Waals surface area contributed by atoms with Gasteiger partial charge < -0.3 is 9.47 Å². The maximum atomic E-state index is 2.59. The van der Waals surface area contributed by atoms with E-state index in [1.165, 1.54) is 147 Å². The third-order valence-corrected chi connectivity index (χ3v) is 20.2. The summed E-state index contributed by atoms with van der Waals surface area (Å²) in [6, 6.07) is 106. The smallest absolute Gasteiger partial charge is 0.0755 e. The summed E-state index contributed by atoms with van der Waals surface area (Å²) in [4.78, 5) is 2.59. The highest BCUT2D eigenvalue weighted by atomic mass is 32.1. The number of para-hydroxylation sites is 3. The number of hydrogen-bond acceptors (Lipinski definition) is 2. The fraction of sp³-hybridized carbons (Fsp3) is 0.0256. The maximum absolute atomic E-state index is 2.59. The molecule has 2 atom stereocenters. The van der Waals surface area contributed by atoms with Crippen molar-refractivity contribution in [2.45, 2.75) is 10.8 Å². The monoisotopic (exact) mass is 1040 g/mol. The molecule has 0 fully saturated rings. The van der Waals surface area contributed by atoms with Gasteiger partial charge in [0, 0.05) is 47.9 Å². The molecule has 2 spiro atoms. The third kappa shape index (κ3) is 5.38. The van der Waals surface area contributed by atoms with Crippen molar-refractivity contribution in [2.24, 2.45) is 0 Å². The Hall–Kier alpha value is -10.1. The standard InChI is InChI=1S/C78H46N2S/c1-2-19-51-47(18-1)40-45-66-73(51)59-23-4-9-29-62(59)77(66)61-28-8-3-20-53(61)54-44-43-50(46-68(54)77)79(49-41-38-48(39-42-49)52-25-15-27-58-56-22-7-14-37-72(56)81-76(52)58)71-36-17-32-65-74(71)60-24-5-10-30-63(60)78(65)64-31-11-13-35-70(64)80-69-34-12-6-21-55(69)57-26-16-33-67(78)75(57)80/h1-46H. The first-order valence-electron chi connectivity index (χ1n) is 28.2. The van der Waals surface area contributed by atoms with Crippen molar-refractivity contribution in [3.63, 3.8) is 0 Å². The van der Waals surface area contributed by atoms with Crippen LogP contribution >= 0.6 is 11.3 Å². The zero-order valence-electron chi connectivity index (χ0n) is 43.9. The molecule has 4 aliphatic rings. The number of rotatable bonds is 4. The van der Waals surface area contributed by atoms with Crippen LogP contribution in [0, 0.1) is 0 Å². The molecule has 374 valence electrons. The van der Waals surface area contributed by atoms with Gasteiger partial charge in [0.15, 0.2) is 0 Å². The van der Waals surface area contributed by atoms with E-state index < -0.39 is 10.8 Å². The lowest BCUT2D eigenvalue weighted by Crippen LogP contribution is -2.33. The number of thiophene rings is 1. The van der Waals surface area contributed by atoms with Crippen LogP contribution in [-0.2, 0) is 10.8 Å². The van der Waals surface area contributed by atoms with Crippen molar-refractivity contribution in [3.8, 4) is 50.2 Å². The predicted molar refractivity (Wildman–Crippen MR) is 338 cm³/mol. The van der Waals surface area contributed by atoms with E-state index in [9.17, 15) is 0 Å². The number of anilines is 3. The summed E-state index contributed by atoms with van der Waals surface area (Å²) in [5, 5.41) is 7.73. The number of benzene rings is 13. The zero-order valence-corrected chi connectivity index (χ0v) is 44.7. The molecule has 3 heteroatoms. The highest BCUT2D eigenvalue weighted by Gasteiger charge is 2.54. The van der Waals surface area contributed by atoms with Crippen LogP contribution in [0.25, 0.3) is 103 Å². The molecule has 15 aromatic rings. The first kappa shape index (κ1) is 43.9. The topological polar surface area (TPSA) is 8.17 Å². The Morgan fingerprint density at radius 1 is 0.321 bits per heavy atom. The van der Waals surface area contributed by atoms with E-state index in [0.29, 0.717) is 0 Å². The molecule has 2 nitrogen and oxygen atoms in total. The summed E-state index contributed by atoms with van der Waals surface area (Å²) in [7, 11) is 0. The molecule has 3 aliphatic carbocycles. The lowest BCUT2D eigenvalue weighted by Gasteiger charge is -2.39. The normalized spacial score (nSPS) is 16.5. The molecule has 0 bridgehead atoms. The molecule has 0 saturated carbocycles. The van der Waals surface area contributed by atoms with Crippen molar-refractivity contribution in [3.05, 3.63) is 324 Å². The summed E-state index contributed by atoms with van der Waals surface area (Å²) >= 11 is 1.89. The molecular weight excluding hydrogens is 997 g/mol. The Labute approximate surface area is 472 Å². The van der Waals surface area contributed by atoms with Gasteiger partial charge in [-0.2, -0.15) is 0 Å². The average molecular weight is 1040 g/mol. The minimum atomic E-state index is -0.607. The summed E-state index contributed by atoms with van der Waals surface area (Å²) in [6.07, 6.45) is 0. The first-order chi connectivity index (χ1) is 40.2. The minimum absolute atomic E-state index is 0.547. The number of fused-ring (bicyclic) bond motifs is 27. The third-order valence-electron chi connectivity index (χ3n) is 19.0. The fourth-order valence-electron chi connectivity index (χ4n) is 16.0. The van der Waals surface area contributed by atoms with Crippen LogP contribution in [0.15, 0.2) is 279 Å². The zero-order chi connectivity index (χ0) is 52.7. The van der Waals surface area contributed by atoms with E-state index in [4.69, 9.17) is 0 Å². The van der Waals surface area contributed by atoms with E-state index in [0.717, 1.165) is 17.1 Å². The van der Waals surface area contributed by atoms with Gasteiger partial charge in [-0.3, -0.25) is 0 Å². The Morgan fingerprint density at radius 3 is 1.72 bits per heavy atom. The molecule has 2 unspecified atom stereocenters. The summed E-state index contributed by atoms with van der Waals surface area (Å²) in [5.74, 6) is 0. The van der Waals surface area contributed by atoms with Crippen molar-refractivity contribution < 1.29 is 0 Å². The maximum Gasteiger partial charge on any atom is 0.0755 e. The van der Waals surface area contributed by atoms with Crippen LogP contribution in [0.3, 0.4) is 0 Å². The summed E-state index contributed by atoms with van der Waals surface area (Å²) < 4.78 is 5.18. The molecule has 1 aliphatic heterocycles. The average Bonchev–Trinajstić information content (AvgIpc) is 4.24. The molecule has 0 N–H and O–H groups in total. The van der Waals surface area contributed by atoms with Crippen molar-refractivity contribution >= 4 is 81.1 Å². The van der Waals surface area contributed by atoms with Gasteiger partial charge in [-0.05, 0) is 143 Å². The van der Waals surface area contributed by atoms with Crippen LogP contribution in [0.4, 0.5) is 17.1 Å². The van der Waals surface area contributed by atoms with Crippen LogP contribution in [0.2, 0.25) is 0 Å². The Balaban J connectivity index is 0.895. The van der Waals surface area contributed by atoms with Gasteiger partial charge in [-0.1, -0.05) is 231 Å². The molecule has 81 heavy (non-hydrogen) atoms. The molecule has 0 saturated heterocycles. The summed E-state index contributed by atoms with van der Waals surface area (Å²) in [6.45, 7) is 0. The number of hydrogen-bond donors (Lipinski definition) is 0. The second-order valence-electron chi connectivity index (χ2n) is 22.5. The SMILES string of the molecule is c1ccc2c(c1)-c1ccc(N(c3ccc(-c4cccc5c4sc4ccccc45)cc3)c3cccc4c3-c3ccccc3C43c4ccccc4-n4c5ccccc5c5cccc3c54)cc1C21c2ccccc2-c2c1ccc1ccccc21. The van der Waals surface area contributed by atoms with Gasteiger partial charge in [0.2, 0.25) is 0 Å². The van der Waals surface area contributed by atoms with Gasteiger partial charge in [-0.15, -0.1) is 11.3 Å². The molecule has 0 radical (unpaired) electrons. The van der Waals surface area contributed by atoms with Crippen molar-refractivity contribution in [2.75, 3.05) is 4.90 Å². The Bertz CT molecular complexity index is 5270. The van der Waals surface area contributed by atoms with Crippen molar-refractivity contribution in [1.29, 1.82) is 0 Å². The number of nitrogens with zero attached hydrogens (tertiary/aromatic N) is 2. The van der Waals surface area contributed by atoms with Crippen LogP contribution in [0.1, 0.15) is 44.5 Å². The van der Waals surface area contributed by atoms with Crippen LogP contribution in [0.5, 0.6) is 0 Å². The summed E-state index contributed by atoms with van der Waals surface area (Å²) in [5.41, 5.74) is 26.7. The lowest BCUT2D eigenvalue weighted by molar-refractivity contribution is 0.748. The van der Waals surface area contributed by atoms with E-state index >= 15 is 0 Å². The van der Waals surface area contributed by atoms with Crippen molar-refractivity contribution in [1.82, 2.24) is 4.57 Å². The van der Waals surface area contributed by atoms with Gasteiger partial charge in [0.1, 0.15) is 0 Å². The molecule has 13 aromatic carbocycles. The minimum Gasteiger partial charge on any atom is -0.310 e. The van der Waals surface area contributed by atoms with Gasteiger partial charge in [0.05, 0.1) is 33.2 Å². The second-order valence-corrected chi connectivity index (χ2v) is 23.6. The van der Waals surface area contributed by atoms with Crippen LogP contribution < -0.4 is 4.90 Å². The highest BCUT2D eigenvalue weighted by Crippen LogP contribution is 2.66. The first-order valence-corrected chi connectivity index (χ1v) is 29.1. The molecule has 3 heterocycles. The Kier molecular flexibility index (Phi) is 8.57.